The number of nitrogens with zero attached hydrogens (tertiary/aromatic N) is 1. The van der Waals surface area contributed by atoms with E-state index >= 15 is 0 Å². The van der Waals surface area contributed by atoms with Crippen LogP contribution in [0.2, 0.25) is 0 Å². The molecule has 208 valence electrons. The third kappa shape index (κ3) is 7.12. The van der Waals surface area contributed by atoms with Crippen LogP contribution in [0.3, 0.4) is 0 Å². The molecule has 0 bridgehead atoms. The summed E-state index contributed by atoms with van der Waals surface area (Å²) in [4.78, 5) is 15.0. The van der Waals surface area contributed by atoms with E-state index in [2.05, 4.69) is 10.6 Å². The number of amides is 1. The quantitative estimate of drug-likeness (QED) is 0.307. The number of likely N-dealkylation sites (tertiary alicyclic amines) is 1. The van der Waals surface area contributed by atoms with Gasteiger partial charge < -0.3 is 15.5 Å². The van der Waals surface area contributed by atoms with E-state index in [1.807, 2.05) is 0 Å². The Balaban J connectivity index is 1.86. The van der Waals surface area contributed by atoms with Crippen LogP contribution < -0.4 is 10.6 Å². The number of halogens is 8. The zero-order valence-electron chi connectivity index (χ0n) is 20.5. The maximum atomic E-state index is 13.8. The van der Waals surface area contributed by atoms with Crippen molar-refractivity contribution < 1.29 is 39.9 Å². The van der Waals surface area contributed by atoms with E-state index in [-0.39, 0.29) is 23.3 Å². The standard InChI is InChI=1S/C25H25F8N3OS/c1-23(2,3)20(21(37)36-6-4-5-19(36)13-7-16(26)12-17(27)8-13)35-22(38)34-18-10-14(24(28,29)30)9-15(11-18)25(31,32)33/h7-12,19-20H,4-6H2,1-3H3,(H2,34,35,38)/t19-,20-/m1/s1. The Morgan fingerprint density at radius 2 is 1.45 bits per heavy atom. The van der Waals surface area contributed by atoms with Gasteiger partial charge in [-0.2, -0.15) is 26.3 Å². The number of hydrogen-bond acceptors (Lipinski definition) is 2. The summed E-state index contributed by atoms with van der Waals surface area (Å²) in [5.74, 6) is -2.09. The Kier molecular flexibility index (Phi) is 8.30. The molecule has 2 aromatic rings. The molecule has 0 radical (unpaired) electrons. The third-order valence-electron chi connectivity index (χ3n) is 6.04. The van der Waals surface area contributed by atoms with Crippen molar-refractivity contribution in [3.63, 3.8) is 0 Å². The Hall–Kier alpha value is -2.96. The van der Waals surface area contributed by atoms with E-state index in [1.54, 1.807) is 20.8 Å². The number of nitrogens with one attached hydrogen (secondary N) is 2. The van der Waals surface area contributed by atoms with Gasteiger partial charge in [-0.1, -0.05) is 20.8 Å². The molecule has 1 fully saturated rings. The fourth-order valence-electron chi connectivity index (χ4n) is 4.28. The number of anilines is 1. The molecule has 38 heavy (non-hydrogen) atoms. The first-order valence-corrected chi connectivity index (χ1v) is 11.9. The van der Waals surface area contributed by atoms with Gasteiger partial charge in [0.2, 0.25) is 5.91 Å². The van der Waals surface area contributed by atoms with E-state index < -0.39 is 64.2 Å². The van der Waals surface area contributed by atoms with Crippen LogP contribution in [0, 0.1) is 17.0 Å². The summed E-state index contributed by atoms with van der Waals surface area (Å²) in [6.07, 6.45) is -9.09. The SMILES string of the molecule is CC(C)(C)[C@H](NC(=S)Nc1cc(C(F)(F)F)cc(C(F)(F)F)c1)C(=O)N1CCC[C@@H]1c1cc(F)cc(F)c1. The Morgan fingerprint density at radius 1 is 0.921 bits per heavy atom. The first kappa shape index (κ1) is 29.6. The molecule has 2 N–H and O–H groups in total. The second kappa shape index (κ2) is 10.7. The molecule has 2 aromatic carbocycles. The van der Waals surface area contributed by atoms with Gasteiger partial charge in [0, 0.05) is 18.3 Å². The highest BCUT2D eigenvalue weighted by atomic mass is 32.1. The van der Waals surface area contributed by atoms with Crippen molar-refractivity contribution in [1.82, 2.24) is 10.2 Å². The van der Waals surface area contributed by atoms with Crippen molar-refractivity contribution in [2.24, 2.45) is 5.41 Å². The molecule has 0 unspecified atom stereocenters. The number of carbonyl (C=O) groups is 1. The van der Waals surface area contributed by atoms with Gasteiger partial charge in [0.1, 0.15) is 17.7 Å². The molecule has 0 aliphatic carbocycles. The third-order valence-corrected chi connectivity index (χ3v) is 6.26. The summed E-state index contributed by atoms with van der Waals surface area (Å²) in [5, 5.41) is 4.66. The summed E-state index contributed by atoms with van der Waals surface area (Å²) in [7, 11) is 0. The molecule has 13 heteroatoms. The van der Waals surface area contributed by atoms with Crippen LogP contribution in [0.25, 0.3) is 0 Å². The van der Waals surface area contributed by atoms with Crippen molar-refractivity contribution >= 4 is 28.9 Å². The molecule has 1 aliphatic heterocycles. The zero-order chi connectivity index (χ0) is 28.6. The fourth-order valence-corrected chi connectivity index (χ4v) is 4.52. The van der Waals surface area contributed by atoms with Crippen molar-refractivity contribution in [2.75, 3.05) is 11.9 Å². The Morgan fingerprint density at radius 3 is 1.92 bits per heavy atom. The van der Waals surface area contributed by atoms with Gasteiger partial charge in [-0.05, 0) is 66.4 Å². The van der Waals surface area contributed by atoms with Crippen LogP contribution in [0.1, 0.15) is 56.3 Å². The second-order valence-electron chi connectivity index (χ2n) is 10.1. The van der Waals surface area contributed by atoms with Crippen LogP contribution in [0.15, 0.2) is 36.4 Å². The largest absolute Gasteiger partial charge is 0.416 e. The van der Waals surface area contributed by atoms with Crippen LogP contribution in [0.4, 0.5) is 40.8 Å². The van der Waals surface area contributed by atoms with Gasteiger partial charge in [0.05, 0.1) is 17.2 Å². The minimum atomic E-state index is -5.04. The average Bonchev–Trinajstić information content (AvgIpc) is 3.24. The summed E-state index contributed by atoms with van der Waals surface area (Å²) >= 11 is 5.15. The Labute approximate surface area is 219 Å². The number of hydrogen-bond donors (Lipinski definition) is 2. The molecule has 4 nitrogen and oxygen atoms in total. The summed E-state index contributed by atoms with van der Waals surface area (Å²) < 4.78 is 107. The molecule has 2 atom stereocenters. The van der Waals surface area contributed by atoms with Crippen LogP contribution >= 0.6 is 12.2 Å². The second-order valence-corrected chi connectivity index (χ2v) is 10.5. The number of rotatable bonds is 4. The Bertz CT molecular complexity index is 1150. The topological polar surface area (TPSA) is 44.4 Å². The van der Waals surface area contributed by atoms with Crippen LogP contribution in [0.5, 0.6) is 0 Å². The number of benzene rings is 2. The fraction of sp³-hybridized carbons (Fsp3) is 0.440. The smallest absolute Gasteiger partial charge is 0.350 e. The van der Waals surface area contributed by atoms with E-state index in [1.165, 1.54) is 4.90 Å². The molecular formula is C25H25F8N3OS. The first-order chi connectivity index (χ1) is 17.4. The minimum absolute atomic E-state index is 0.00803. The summed E-state index contributed by atoms with van der Waals surface area (Å²) in [6, 6.07) is 2.23. The lowest BCUT2D eigenvalue weighted by Gasteiger charge is -2.36. The lowest BCUT2D eigenvalue weighted by atomic mass is 9.85. The monoisotopic (exact) mass is 567 g/mol. The van der Waals surface area contributed by atoms with Gasteiger partial charge in [-0.15, -0.1) is 0 Å². The highest BCUT2D eigenvalue weighted by Crippen LogP contribution is 2.38. The van der Waals surface area contributed by atoms with Crippen LogP contribution in [-0.2, 0) is 17.1 Å². The van der Waals surface area contributed by atoms with Crippen LogP contribution in [-0.4, -0.2) is 28.5 Å². The normalized spacial score (nSPS) is 17.3. The molecule has 1 aliphatic rings. The van der Waals surface area contributed by atoms with Crippen molar-refractivity contribution in [1.29, 1.82) is 0 Å². The van der Waals surface area contributed by atoms with Gasteiger partial charge in [0.25, 0.3) is 0 Å². The van der Waals surface area contributed by atoms with Gasteiger partial charge in [-0.25, -0.2) is 8.78 Å². The first-order valence-electron chi connectivity index (χ1n) is 11.5. The average molecular weight is 568 g/mol. The molecule has 0 spiro atoms. The maximum Gasteiger partial charge on any atom is 0.416 e. The molecule has 1 heterocycles. The molecule has 0 saturated carbocycles. The maximum absolute atomic E-state index is 13.8. The van der Waals surface area contributed by atoms with Crippen molar-refractivity contribution in [2.45, 2.75) is 58.0 Å². The number of thiocarbonyl (C=S) groups is 1. The van der Waals surface area contributed by atoms with Gasteiger partial charge >= 0.3 is 12.4 Å². The minimum Gasteiger partial charge on any atom is -0.350 e. The number of carbonyl (C=O) groups excluding carboxylic acids is 1. The lowest BCUT2D eigenvalue weighted by molar-refractivity contribution is -0.143. The van der Waals surface area contributed by atoms with E-state index in [4.69, 9.17) is 12.2 Å². The zero-order valence-corrected chi connectivity index (χ0v) is 21.3. The molecule has 1 saturated heterocycles. The van der Waals surface area contributed by atoms with Crippen molar-refractivity contribution in [3.8, 4) is 0 Å². The van der Waals surface area contributed by atoms with Crippen molar-refractivity contribution in [3.05, 3.63) is 64.7 Å². The van der Waals surface area contributed by atoms with E-state index in [9.17, 15) is 39.9 Å². The summed E-state index contributed by atoms with van der Waals surface area (Å²) in [5.41, 5.74) is -4.18. The highest BCUT2D eigenvalue weighted by molar-refractivity contribution is 7.80. The summed E-state index contributed by atoms with van der Waals surface area (Å²) in [6.45, 7) is 5.33. The molecule has 3 rings (SSSR count). The van der Waals surface area contributed by atoms with Gasteiger partial charge in [0.15, 0.2) is 5.11 Å². The lowest BCUT2D eigenvalue weighted by Crippen LogP contribution is -2.55. The number of alkyl halides is 6. The molecular weight excluding hydrogens is 542 g/mol. The van der Waals surface area contributed by atoms with E-state index in [0.717, 1.165) is 12.1 Å². The predicted molar refractivity (Wildman–Crippen MR) is 129 cm³/mol. The predicted octanol–water partition coefficient (Wildman–Crippen LogP) is 7.07. The molecule has 1 amide bonds. The molecule has 0 aromatic heterocycles. The highest BCUT2D eigenvalue weighted by Gasteiger charge is 2.40. The van der Waals surface area contributed by atoms with E-state index in [0.29, 0.717) is 31.0 Å². The van der Waals surface area contributed by atoms with Gasteiger partial charge in [-0.3, -0.25) is 4.79 Å².